The van der Waals surface area contributed by atoms with Gasteiger partial charge in [-0.1, -0.05) is 30.4 Å². The Morgan fingerprint density at radius 3 is 2.93 bits per heavy atom. The maximum atomic E-state index is 5.59. The summed E-state index contributed by atoms with van der Waals surface area (Å²) < 4.78 is 5.59. The molecule has 1 aromatic rings. The Hall–Kier alpha value is -1.50. The van der Waals surface area contributed by atoms with Gasteiger partial charge in [0.25, 0.3) is 0 Å². The maximum absolute atomic E-state index is 5.59. The lowest BCUT2D eigenvalue weighted by molar-refractivity contribution is 0.337. The Morgan fingerprint density at radius 1 is 1.27 bits per heavy atom. The molecule has 0 amide bonds. The zero-order chi connectivity index (χ0) is 10.7. The highest BCUT2D eigenvalue weighted by Crippen LogP contribution is 2.26. The van der Waals surface area contributed by atoms with Crippen LogP contribution in [0.4, 0.5) is 0 Å². The van der Waals surface area contributed by atoms with Gasteiger partial charge in [-0.3, -0.25) is 0 Å². The molecule has 0 spiro atoms. The first-order chi connectivity index (χ1) is 7.31. The van der Waals surface area contributed by atoms with Crippen molar-refractivity contribution in [2.75, 3.05) is 6.61 Å². The molecule has 1 nitrogen and oxygen atoms in total. The first-order valence-electron chi connectivity index (χ1n) is 5.41. The minimum atomic E-state index is 0.724. The highest BCUT2D eigenvalue weighted by Gasteiger charge is 2.06. The van der Waals surface area contributed by atoms with Gasteiger partial charge < -0.3 is 4.74 Å². The van der Waals surface area contributed by atoms with Gasteiger partial charge in [0.15, 0.2) is 0 Å². The van der Waals surface area contributed by atoms with Gasteiger partial charge in [-0.25, -0.2) is 0 Å². The molecule has 1 heteroatoms. The molecule has 15 heavy (non-hydrogen) atoms. The summed E-state index contributed by atoms with van der Waals surface area (Å²) in [4.78, 5) is 0. The van der Waals surface area contributed by atoms with Crippen molar-refractivity contribution >= 4 is 6.08 Å². The van der Waals surface area contributed by atoms with Gasteiger partial charge in [-0.2, -0.15) is 0 Å². The lowest BCUT2D eigenvalue weighted by atomic mass is 10.0. The molecule has 1 aliphatic rings. The number of fused-ring (bicyclic) bond motifs is 1. The van der Waals surface area contributed by atoms with E-state index in [1.54, 1.807) is 0 Å². The fourth-order valence-electron chi connectivity index (χ4n) is 1.84. The standard InChI is InChI=1S/C14H16O/c1-3-15-14-10-13-8-6-4-5-7-12(13)9-11(14)2/h4-6,8-10H,3,7H2,1-2H3. The molecule has 0 saturated heterocycles. The SMILES string of the molecule is CCOc1cc2c(cc1C)CC=CC=C2. The molecular formula is C14H16O. The van der Waals surface area contributed by atoms with E-state index >= 15 is 0 Å². The van der Waals surface area contributed by atoms with Gasteiger partial charge >= 0.3 is 0 Å². The number of rotatable bonds is 2. The van der Waals surface area contributed by atoms with Crippen LogP contribution in [0.25, 0.3) is 6.08 Å². The van der Waals surface area contributed by atoms with Crippen molar-refractivity contribution in [3.05, 3.63) is 47.1 Å². The molecular weight excluding hydrogens is 184 g/mol. The molecule has 0 fully saturated rings. The first-order valence-corrected chi connectivity index (χ1v) is 5.41. The Bertz CT molecular complexity index is 414. The zero-order valence-corrected chi connectivity index (χ0v) is 9.29. The van der Waals surface area contributed by atoms with Crippen LogP contribution in [0.1, 0.15) is 23.6 Å². The van der Waals surface area contributed by atoms with E-state index in [0.29, 0.717) is 0 Å². The van der Waals surface area contributed by atoms with Crippen LogP contribution >= 0.6 is 0 Å². The fraction of sp³-hybridized carbons (Fsp3) is 0.286. The number of ether oxygens (including phenoxy) is 1. The molecule has 1 aromatic carbocycles. The van der Waals surface area contributed by atoms with Crippen molar-refractivity contribution in [1.29, 1.82) is 0 Å². The average Bonchev–Trinajstić information content (AvgIpc) is 2.44. The molecule has 2 rings (SSSR count). The van der Waals surface area contributed by atoms with Gasteiger partial charge in [-0.05, 0) is 43.0 Å². The van der Waals surface area contributed by atoms with E-state index in [2.05, 4.69) is 43.4 Å². The Balaban J connectivity index is 2.44. The van der Waals surface area contributed by atoms with Crippen LogP contribution in [-0.2, 0) is 6.42 Å². The summed E-state index contributed by atoms with van der Waals surface area (Å²) in [5.74, 6) is 1.00. The van der Waals surface area contributed by atoms with Crippen LogP contribution in [0.15, 0.2) is 30.4 Å². The van der Waals surface area contributed by atoms with Crippen LogP contribution in [0.2, 0.25) is 0 Å². The molecule has 0 aromatic heterocycles. The van der Waals surface area contributed by atoms with Crippen molar-refractivity contribution in [1.82, 2.24) is 0 Å². The van der Waals surface area contributed by atoms with Crippen LogP contribution in [0.3, 0.4) is 0 Å². The van der Waals surface area contributed by atoms with Crippen LogP contribution in [0, 0.1) is 6.92 Å². The summed E-state index contributed by atoms with van der Waals surface area (Å²) in [6, 6.07) is 4.36. The second-order valence-corrected chi connectivity index (χ2v) is 3.74. The number of hydrogen-bond acceptors (Lipinski definition) is 1. The molecule has 0 radical (unpaired) electrons. The predicted molar refractivity (Wildman–Crippen MR) is 64.2 cm³/mol. The van der Waals surface area contributed by atoms with Crippen molar-refractivity contribution in [3.8, 4) is 5.75 Å². The summed E-state index contributed by atoms with van der Waals surface area (Å²) in [7, 11) is 0. The molecule has 0 heterocycles. The van der Waals surface area contributed by atoms with Gasteiger partial charge in [0, 0.05) is 0 Å². The van der Waals surface area contributed by atoms with Gasteiger partial charge in [0.05, 0.1) is 6.61 Å². The molecule has 0 aliphatic heterocycles. The predicted octanol–water partition coefficient (Wildman–Crippen LogP) is 3.52. The Morgan fingerprint density at radius 2 is 2.13 bits per heavy atom. The van der Waals surface area contributed by atoms with Gasteiger partial charge in [0.1, 0.15) is 5.75 Å². The molecule has 0 N–H and O–H groups in total. The Labute approximate surface area is 91.1 Å². The Kier molecular flexibility index (Phi) is 2.91. The number of benzene rings is 1. The van der Waals surface area contributed by atoms with E-state index in [1.807, 2.05) is 6.92 Å². The topological polar surface area (TPSA) is 9.23 Å². The number of hydrogen-bond donors (Lipinski definition) is 0. The average molecular weight is 200 g/mol. The van der Waals surface area contributed by atoms with Crippen LogP contribution < -0.4 is 4.74 Å². The molecule has 1 aliphatic carbocycles. The van der Waals surface area contributed by atoms with Crippen molar-refractivity contribution in [2.45, 2.75) is 20.3 Å². The lowest BCUT2D eigenvalue weighted by Crippen LogP contribution is -1.97. The third-order valence-electron chi connectivity index (χ3n) is 2.60. The zero-order valence-electron chi connectivity index (χ0n) is 9.29. The normalized spacial score (nSPS) is 13.5. The van der Waals surface area contributed by atoms with Crippen LogP contribution in [-0.4, -0.2) is 6.61 Å². The fourth-order valence-corrected chi connectivity index (χ4v) is 1.84. The maximum Gasteiger partial charge on any atom is 0.122 e. The van der Waals surface area contributed by atoms with Gasteiger partial charge in [0.2, 0.25) is 0 Å². The van der Waals surface area contributed by atoms with E-state index in [9.17, 15) is 0 Å². The summed E-state index contributed by atoms with van der Waals surface area (Å²) in [6.07, 6.45) is 9.51. The van der Waals surface area contributed by atoms with Crippen molar-refractivity contribution < 1.29 is 4.74 Å². The first kappa shape index (κ1) is 10.0. The molecule has 78 valence electrons. The monoisotopic (exact) mass is 200 g/mol. The third-order valence-corrected chi connectivity index (χ3v) is 2.60. The minimum absolute atomic E-state index is 0.724. The van der Waals surface area contributed by atoms with E-state index < -0.39 is 0 Å². The number of allylic oxidation sites excluding steroid dienone is 3. The van der Waals surface area contributed by atoms with E-state index in [-0.39, 0.29) is 0 Å². The van der Waals surface area contributed by atoms with Crippen molar-refractivity contribution in [2.24, 2.45) is 0 Å². The quantitative estimate of drug-likeness (QED) is 0.709. The van der Waals surface area contributed by atoms with E-state index in [0.717, 1.165) is 18.8 Å². The van der Waals surface area contributed by atoms with E-state index in [1.165, 1.54) is 16.7 Å². The third kappa shape index (κ3) is 2.12. The smallest absolute Gasteiger partial charge is 0.122 e. The van der Waals surface area contributed by atoms with E-state index in [4.69, 9.17) is 4.74 Å². The summed E-state index contributed by atoms with van der Waals surface area (Å²) in [6.45, 7) is 4.84. The van der Waals surface area contributed by atoms with Gasteiger partial charge in [-0.15, -0.1) is 0 Å². The van der Waals surface area contributed by atoms with Crippen LogP contribution in [0.5, 0.6) is 5.75 Å². The van der Waals surface area contributed by atoms with Crippen molar-refractivity contribution in [3.63, 3.8) is 0 Å². The summed E-state index contributed by atoms with van der Waals surface area (Å²) in [5.41, 5.74) is 3.87. The highest BCUT2D eigenvalue weighted by molar-refractivity contribution is 5.61. The minimum Gasteiger partial charge on any atom is -0.494 e. The molecule has 0 atom stereocenters. The number of aryl methyl sites for hydroxylation is 1. The molecule has 0 unspecified atom stereocenters. The molecule has 0 saturated carbocycles. The molecule has 0 bridgehead atoms. The largest absolute Gasteiger partial charge is 0.494 e. The summed E-state index contributed by atoms with van der Waals surface area (Å²) >= 11 is 0. The highest BCUT2D eigenvalue weighted by atomic mass is 16.5. The second-order valence-electron chi connectivity index (χ2n) is 3.74. The second kappa shape index (κ2) is 4.35. The lowest BCUT2D eigenvalue weighted by Gasteiger charge is -2.11. The summed E-state index contributed by atoms with van der Waals surface area (Å²) in [5, 5.41) is 0.